The molecule has 0 saturated carbocycles. The van der Waals surface area contributed by atoms with Crippen molar-refractivity contribution in [3.05, 3.63) is 30.3 Å². The number of aliphatic hydroxyl groups is 1. The van der Waals surface area contributed by atoms with E-state index in [2.05, 4.69) is 17.6 Å². The molecule has 2 atom stereocenters. The minimum Gasteiger partial charge on any atom is -0.372 e. The predicted octanol–water partition coefficient (Wildman–Crippen LogP) is 2.20. The van der Waals surface area contributed by atoms with Crippen LogP contribution in [-0.4, -0.2) is 24.4 Å². The molecular formula is C13H22N2O. The number of para-hydroxylation sites is 1. The standard InChI is InChI=1S/C13H22N2O/c1-3-4-10-12(14-2)13(16)15-11-8-6-5-7-9-11/h5-9,12-16H,3-4,10H2,1-2H3. The third kappa shape index (κ3) is 4.21. The van der Waals surface area contributed by atoms with Crippen LogP contribution in [0.25, 0.3) is 0 Å². The quantitative estimate of drug-likeness (QED) is 0.620. The first kappa shape index (κ1) is 13.0. The highest BCUT2D eigenvalue weighted by Gasteiger charge is 2.15. The van der Waals surface area contributed by atoms with Crippen LogP contribution in [0.4, 0.5) is 5.69 Å². The van der Waals surface area contributed by atoms with Crippen LogP contribution in [0.15, 0.2) is 30.3 Å². The first-order chi connectivity index (χ1) is 7.77. The van der Waals surface area contributed by atoms with Crippen LogP contribution < -0.4 is 10.6 Å². The molecule has 3 N–H and O–H groups in total. The molecule has 0 fully saturated rings. The zero-order valence-corrected chi connectivity index (χ0v) is 10.1. The Balaban J connectivity index is 2.46. The van der Waals surface area contributed by atoms with Crippen LogP contribution in [0.2, 0.25) is 0 Å². The van der Waals surface area contributed by atoms with E-state index in [9.17, 15) is 5.11 Å². The van der Waals surface area contributed by atoms with Crippen LogP contribution in [-0.2, 0) is 0 Å². The van der Waals surface area contributed by atoms with Gasteiger partial charge >= 0.3 is 0 Å². The average Bonchev–Trinajstić information content (AvgIpc) is 2.31. The Kier molecular flexibility index (Phi) is 5.90. The van der Waals surface area contributed by atoms with Gasteiger partial charge in [-0.3, -0.25) is 0 Å². The van der Waals surface area contributed by atoms with Crippen molar-refractivity contribution >= 4 is 5.69 Å². The molecule has 0 amide bonds. The van der Waals surface area contributed by atoms with E-state index in [4.69, 9.17) is 0 Å². The van der Waals surface area contributed by atoms with E-state index in [1.807, 2.05) is 37.4 Å². The van der Waals surface area contributed by atoms with Crippen molar-refractivity contribution in [3.63, 3.8) is 0 Å². The summed E-state index contributed by atoms with van der Waals surface area (Å²) in [5.74, 6) is 0. The summed E-state index contributed by atoms with van der Waals surface area (Å²) in [7, 11) is 1.89. The topological polar surface area (TPSA) is 44.3 Å². The monoisotopic (exact) mass is 222 g/mol. The van der Waals surface area contributed by atoms with Gasteiger partial charge in [-0.1, -0.05) is 38.0 Å². The zero-order chi connectivity index (χ0) is 11.8. The second-order valence-electron chi connectivity index (χ2n) is 3.99. The number of hydrogen-bond acceptors (Lipinski definition) is 3. The summed E-state index contributed by atoms with van der Waals surface area (Å²) < 4.78 is 0. The number of likely N-dealkylation sites (N-methyl/N-ethyl adjacent to an activating group) is 1. The predicted molar refractivity (Wildman–Crippen MR) is 68.4 cm³/mol. The minimum absolute atomic E-state index is 0.0974. The molecule has 90 valence electrons. The van der Waals surface area contributed by atoms with Gasteiger partial charge in [-0.15, -0.1) is 0 Å². The smallest absolute Gasteiger partial charge is 0.139 e. The summed E-state index contributed by atoms with van der Waals surface area (Å²) in [6, 6.07) is 9.88. The van der Waals surface area contributed by atoms with Gasteiger partial charge in [-0.2, -0.15) is 0 Å². The van der Waals surface area contributed by atoms with Gasteiger partial charge in [0.15, 0.2) is 0 Å². The molecule has 0 aliphatic rings. The summed E-state index contributed by atoms with van der Waals surface area (Å²) in [6.45, 7) is 2.16. The lowest BCUT2D eigenvalue weighted by molar-refractivity contribution is 0.151. The van der Waals surface area contributed by atoms with E-state index in [0.717, 1.165) is 24.9 Å². The van der Waals surface area contributed by atoms with E-state index < -0.39 is 6.23 Å². The van der Waals surface area contributed by atoms with Gasteiger partial charge in [0.2, 0.25) is 0 Å². The molecule has 1 rings (SSSR count). The largest absolute Gasteiger partial charge is 0.372 e. The normalized spacial score (nSPS) is 14.4. The Morgan fingerprint density at radius 2 is 1.94 bits per heavy atom. The van der Waals surface area contributed by atoms with Gasteiger partial charge in [0.1, 0.15) is 6.23 Å². The van der Waals surface area contributed by atoms with Crippen LogP contribution in [0.3, 0.4) is 0 Å². The van der Waals surface area contributed by atoms with Gasteiger partial charge in [0.25, 0.3) is 0 Å². The fourth-order valence-electron chi connectivity index (χ4n) is 1.69. The van der Waals surface area contributed by atoms with Gasteiger partial charge in [-0.05, 0) is 25.6 Å². The molecule has 3 heteroatoms. The van der Waals surface area contributed by atoms with Gasteiger partial charge in [0, 0.05) is 5.69 Å². The molecular weight excluding hydrogens is 200 g/mol. The van der Waals surface area contributed by atoms with Crippen molar-refractivity contribution in [2.45, 2.75) is 38.5 Å². The number of rotatable bonds is 7. The van der Waals surface area contributed by atoms with Crippen molar-refractivity contribution in [3.8, 4) is 0 Å². The fraction of sp³-hybridized carbons (Fsp3) is 0.538. The Hall–Kier alpha value is -1.06. The number of unbranched alkanes of at least 4 members (excludes halogenated alkanes) is 1. The van der Waals surface area contributed by atoms with E-state index in [-0.39, 0.29) is 6.04 Å². The third-order valence-corrected chi connectivity index (χ3v) is 2.71. The maximum Gasteiger partial charge on any atom is 0.139 e. The maximum atomic E-state index is 10.0. The van der Waals surface area contributed by atoms with Gasteiger partial charge < -0.3 is 15.7 Å². The molecule has 16 heavy (non-hydrogen) atoms. The lowest BCUT2D eigenvalue weighted by Crippen LogP contribution is -2.42. The fourth-order valence-corrected chi connectivity index (χ4v) is 1.69. The van der Waals surface area contributed by atoms with Crippen LogP contribution in [0.1, 0.15) is 26.2 Å². The number of anilines is 1. The Labute approximate surface area is 97.9 Å². The molecule has 1 aromatic rings. The van der Waals surface area contributed by atoms with Gasteiger partial charge in [0.05, 0.1) is 6.04 Å². The lowest BCUT2D eigenvalue weighted by atomic mass is 10.1. The molecule has 2 unspecified atom stereocenters. The first-order valence-corrected chi connectivity index (χ1v) is 5.94. The number of hydrogen-bond donors (Lipinski definition) is 3. The third-order valence-electron chi connectivity index (χ3n) is 2.71. The molecule has 0 spiro atoms. The first-order valence-electron chi connectivity index (χ1n) is 5.94. The highest BCUT2D eigenvalue weighted by Crippen LogP contribution is 2.10. The Morgan fingerprint density at radius 3 is 2.50 bits per heavy atom. The zero-order valence-electron chi connectivity index (χ0n) is 10.1. The molecule has 0 aliphatic heterocycles. The number of aliphatic hydroxyl groups excluding tert-OH is 1. The molecule has 0 heterocycles. The van der Waals surface area contributed by atoms with Crippen LogP contribution in [0.5, 0.6) is 0 Å². The molecule has 0 aromatic heterocycles. The SMILES string of the molecule is CCCCC(NC)C(O)Nc1ccccc1. The highest BCUT2D eigenvalue weighted by molar-refractivity contribution is 5.43. The van der Waals surface area contributed by atoms with Crippen molar-refractivity contribution < 1.29 is 5.11 Å². The van der Waals surface area contributed by atoms with E-state index >= 15 is 0 Å². The van der Waals surface area contributed by atoms with Crippen molar-refractivity contribution in [2.24, 2.45) is 0 Å². The van der Waals surface area contributed by atoms with Gasteiger partial charge in [-0.25, -0.2) is 0 Å². The minimum atomic E-state index is -0.543. The summed E-state index contributed by atoms with van der Waals surface area (Å²) in [5, 5.41) is 16.3. The Morgan fingerprint density at radius 1 is 1.25 bits per heavy atom. The number of benzene rings is 1. The molecule has 1 aromatic carbocycles. The second-order valence-corrected chi connectivity index (χ2v) is 3.99. The number of nitrogens with one attached hydrogen (secondary N) is 2. The second kappa shape index (κ2) is 7.25. The molecule has 0 bridgehead atoms. The summed E-state index contributed by atoms with van der Waals surface area (Å²) in [6.07, 6.45) is 2.71. The van der Waals surface area contributed by atoms with Crippen LogP contribution in [0, 0.1) is 0 Å². The lowest BCUT2D eigenvalue weighted by Gasteiger charge is -2.24. The maximum absolute atomic E-state index is 10.0. The van der Waals surface area contributed by atoms with Crippen LogP contribution >= 0.6 is 0 Å². The molecule has 0 aliphatic carbocycles. The summed E-state index contributed by atoms with van der Waals surface area (Å²) in [5.41, 5.74) is 0.951. The Bertz CT molecular complexity index is 277. The van der Waals surface area contributed by atoms with Crippen molar-refractivity contribution in [1.82, 2.24) is 5.32 Å². The van der Waals surface area contributed by atoms with E-state index in [0.29, 0.717) is 0 Å². The van der Waals surface area contributed by atoms with E-state index in [1.165, 1.54) is 0 Å². The summed E-state index contributed by atoms with van der Waals surface area (Å²) in [4.78, 5) is 0. The molecule has 0 radical (unpaired) electrons. The van der Waals surface area contributed by atoms with E-state index in [1.54, 1.807) is 0 Å². The molecule has 0 saturated heterocycles. The van der Waals surface area contributed by atoms with Crippen molar-refractivity contribution in [1.29, 1.82) is 0 Å². The molecule has 3 nitrogen and oxygen atoms in total. The summed E-state index contributed by atoms with van der Waals surface area (Å²) >= 11 is 0. The van der Waals surface area contributed by atoms with Crippen molar-refractivity contribution in [2.75, 3.05) is 12.4 Å². The average molecular weight is 222 g/mol. The highest BCUT2D eigenvalue weighted by atomic mass is 16.3.